The second kappa shape index (κ2) is 4.21. The third kappa shape index (κ3) is 2.30. The molecule has 0 aromatic carbocycles. The van der Waals surface area contributed by atoms with Crippen molar-refractivity contribution < 1.29 is 19.4 Å². The number of ether oxygens (including phenoxy) is 1. The molecule has 68 valence electrons. The molecule has 0 aliphatic carbocycles. The second-order valence-electron chi connectivity index (χ2n) is 3.08. The van der Waals surface area contributed by atoms with Crippen molar-refractivity contribution in [1.82, 2.24) is 0 Å². The number of carbonyl (C=O) groups is 2. The molecule has 1 heterocycles. The molecule has 0 saturated carbocycles. The van der Waals surface area contributed by atoms with Gasteiger partial charge in [0.15, 0.2) is 0 Å². The van der Waals surface area contributed by atoms with Crippen LogP contribution in [-0.2, 0) is 14.3 Å². The molecule has 1 fully saturated rings. The molecule has 0 spiro atoms. The van der Waals surface area contributed by atoms with Gasteiger partial charge in [-0.05, 0) is 12.3 Å². The lowest BCUT2D eigenvalue weighted by atomic mass is 9.91. The van der Waals surface area contributed by atoms with Crippen molar-refractivity contribution in [3.8, 4) is 0 Å². The van der Waals surface area contributed by atoms with E-state index in [1.165, 1.54) is 0 Å². The van der Waals surface area contributed by atoms with Gasteiger partial charge in [-0.1, -0.05) is 0 Å². The maximum absolute atomic E-state index is 10.5. The molecule has 0 aromatic rings. The predicted molar refractivity (Wildman–Crippen MR) is 40.7 cm³/mol. The number of hydrogen-bond donors (Lipinski definition) is 1. The molecule has 0 amide bonds. The number of rotatable bonds is 3. The van der Waals surface area contributed by atoms with E-state index in [-0.39, 0.29) is 12.5 Å². The number of carboxylic acids is 1. The number of aldehydes is 1. The predicted octanol–water partition coefficient (Wildman–Crippen LogP) is 0.313. The van der Waals surface area contributed by atoms with Gasteiger partial charge in [-0.25, -0.2) is 0 Å². The first-order valence-electron chi connectivity index (χ1n) is 3.98. The molecule has 2 atom stereocenters. The van der Waals surface area contributed by atoms with Crippen LogP contribution in [0.15, 0.2) is 0 Å². The molecule has 1 aliphatic rings. The van der Waals surface area contributed by atoms with Crippen molar-refractivity contribution in [2.45, 2.75) is 12.8 Å². The van der Waals surface area contributed by atoms with E-state index < -0.39 is 11.9 Å². The van der Waals surface area contributed by atoms with E-state index in [4.69, 9.17) is 9.84 Å². The van der Waals surface area contributed by atoms with E-state index in [2.05, 4.69) is 0 Å². The van der Waals surface area contributed by atoms with Gasteiger partial charge in [0, 0.05) is 13.0 Å². The number of carboxylic acid groups (broad SMARTS) is 1. The average molecular weight is 172 g/mol. The third-order valence-corrected chi connectivity index (χ3v) is 2.07. The topological polar surface area (TPSA) is 63.6 Å². The van der Waals surface area contributed by atoms with Crippen LogP contribution in [0.4, 0.5) is 0 Å². The standard InChI is InChI=1S/C8H12O4/c9-2-1-6-3-7(8(10)11)5-12-4-6/h2,6-7H,1,3-5H2,(H,10,11). The highest BCUT2D eigenvalue weighted by atomic mass is 16.5. The first-order chi connectivity index (χ1) is 5.74. The van der Waals surface area contributed by atoms with Gasteiger partial charge in [0.1, 0.15) is 6.29 Å². The molecule has 0 aromatic heterocycles. The first-order valence-corrected chi connectivity index (χ1v) is 3.98. The summed E-state index contributed by atoms with van der Waals surface area (Å²) in [5.74, 6) is -1.16. The lowest BCUT2D eigenvalue weighted by Gasteiger charge is -2.25. The quantitative estimate of drug-likeness (QED) is 0.622. The van der Waals surface area contributed by atoms with Gasteiger partial charge in [-0.2, -0.15) is 0 Å². The highest BCUT2D eigenvalue weighted by Gasteiger charge is 2.27. The van der Waals surface area contributed by atoms with E-state index >= 15 is 0 Å². The summed E-state index contributed by atoms with van der Waals surface area (Å²) >= 11 is 0. The monoisotopic (exact) mass is 172 g/mol. The summed E-state index contributed by atoms with van der Waals surface area (Å²) < 4.78 is 5.07. The van der Waals surface area contributed by atoms with E-state index in [1.807, 2.05) is 0 Å². The summed E-state index contributed by atoms with van der Waals surface area (Å²) in [6.45, 7) is 0.799. The van der Waals surface area contributed by atoms with Gasteiger partial charge >= 0.3 is 5.97 Å². The van der Waals surface area contributed by atoms with Gasteiger partial charge in [0.05, 0.1) is 12.5 Å². The second-order valence-corrected chi connectivity index (χ2v) is 3.08. The number of carbonyl (C=O) groups excluding carboxylic acids is 1. The average Bonchev–Trinajstić information content (AvgIpc) is 2.05. The fourth-order valence-electron chi connectivity index (χ4n) is 1.39. The molecule has 4 nitrogen and oxygen atoms in total. The molecular formula is C8H12O4. The smallest absolute Gasteiger partial charge is 0.308 e. The van der Waals surface area contributed by atoms with Crippen molar-refractivity contribution in [2.75, 3.05) is 13.2 Å². The Hall–Kier alpha value is -0.900. The minimum Gasteiger partial charge on any atom is -0.481 e. The van der Waals surface area contributed by atoms with Crippen molar-refractivity contribution in [3.05, 3.63) is 0 Å². The van der Waals surface area contributed by atoms with Crippen LogP contribution in [0, 0.1) is 11.8 Å². The molecule has 2 unspecified atom stereocenters. The van der Waals surface area contributed by atoms with Crippen molar-refractivity contribution in [1.29, 1.82) is 0 Å². The van der Waals surface area contributed by atoms with Crippen LogP contribution < -0.4 is 0 Å². The molecule has 4 heteroatoms. The zero-order chi connectivity index (χ0) is 8.97. The maximum Gasteiger partial charge on any atom is 0.308 e. The Labute approximate surface area is 70.5 Å². The van der Waals surface area contributed by atoms with Gasteiger partial charge in [0.2, 0.25) is 0 Å². The van der Waals surface area contributed by atoms with E-state index in [0.717, 1.165) is 6.29 Å². The summed E-state index contributed by atoms with van der Waals surface area (Å²) in [5.41, 5.74) is 0. The van der Waals surface area contributed by atoms with Crippen LogP contribution in [0.1, 0.15) is 12.8 Å². The summed E-state index contributed by atoms with van der Waals surface area (Å²) in [4.78, 5) is 20.7. The normalized spacial score (nSPS) is 29.7. The maximum atomic E-state index is 10.5. The Morgan fingerprint density at radius 3 is 2.92 bits per heavy atom. The lowest BCUT2D eigenvalue weighted by Crippen LogP contribution is -2.30. The molecule has 1 N–H and O–H groups in total. The molecule has 1 saturated heterocycles. The van der Waals surface area contributed by atoms with Crippen molar-refractivity contribution >= 4 is 12.3 Å². The fraction of sp³-hybridized carbons (Fsp3) is 0.750. The highest BCUT2D eigenvalue weighted by Crippen LogP contribution is 2.21. The first kappa shape index (κ1) is 9.19. The minimum absolute atomic E-state index is 0.0948. The summed E-state index contributed by atoms with van der Waals surface area (Å²) in [5, 5.41) is 8.66. The van der Waals surface area contributed by atoms with Gasteiger partial charge in [-0.15, -0.1) is 0 Å². The van der Waals surface area contributed by atoms with E-state index in [0.29, 0.717) is 19.4 Å². The molecule has 1 aliphatic heterocycles. The zero-order valence-electron chi connectivity index (χ0n) is 6.73. The number of aliphatic carboxylic acids is 1. The van der Waals surface area contributed by atoms with Crippen LogP contribution in [0.25, 0.3) is 0 Å². The van der Waals surface area contributed by atoms with Crippen LogP contribution in [0.2, 0.25) is 0 Å². The van der Waals surface area contributed by atoms with Crippen LogP contribution >= 0.6 is 0 Å². The molecule has 12 heavy (non-hydrogen) atoms. The van der Waals surface area contributed by atoms with Gasteiger partial charge in [-0.3, -0.25) is 4.79 Å². The van der Waals surface area contributed by atoms with Crippen molar-refractivity contribution in [3.63, 3.8) is 0 Å². The lowest BCUT2D eigenvalue weighted by molar-refractivity contribution is -0.148. The van der Waals surface area contributed by atoms with Crippen LogP contribution in [0.5, 0.6) is 0 Å². The Balaban J connectivity index is 2.39. The largest absolute Gasteiger partial charge is 0.481 e. The molecule has 0 radical (unpaired) electrons. The Kier molecular flexibility index (Phi) is 3.22. The van der Waals surface area contributed by atoms with E-state index in [1.54, 1.807) is 0 Å². The fourth-order valence-corrected chi connectivity index (χ4v) is 1.39. The van der Waals surface area contributed by atoms with Gasteiger partial charge in [0.25, 0.3) is 0 Å². The van der Waals surface area contributed by atoms with Crippen LogP contribution in [0.3, 0.4) is 0 Å². The highest BCUT2D eigenvalue weighted by molar-refractivity contribution is 5.70. The zero-order valence-corrected chi connectivity index (χ0v) is 6.73. The molecule has 0 bridgehead atoms. The summed E-state index contributed by atoms with van der Waals surface area (Å²) in [7, 11) is 0. The minimum atomic E-state index is -0.828. The summed E-state index contributed by atoms with van der Waals surface area (Å²) in [6, 6.07) is 0. The Morgan fingerprint density at radius 1 is 1.58 bits per heavy atom. The molecular weight excluding hydrogens is 160 g/mol. The van der Waals surface area contributed by atoms with Crippen LogP contribution in [-0.4, -0.2) is 30.6 Å². The number of hydrogen-bond acceptors (Lipinski definition) is 3. The van der Waals surface area contributed by atoms with Gasteiger partial charge < -0.3 is 14.6 Å². The summed E-state index contributed by atoms with van der Waals surface area (Å²) in [6.07, 6.45) is 1.79. The van der Waals surface area contributed by atoms with E-state index in [9.17, 15) is 9.59 Å². The third-order valence-electron chi connectivity index (χ3n) is 2.07. The van der Waals surface area contributed by atoms with Crippen molar-refractivity contribution in [2.24, 2.45) is 11.8 Å². The Morgan fingerprint density at radius 2 is 2.33 bits per heavy atom. The molecule has 1 rings (SSSR count). The SMILES string of the molecule is O=CCC1COCC(C(=O)O)C1. The Bertz CT molecular complexity index is 178.